The molecular formula is C15H22N2O4. The quantitative estimate of drug-likeness (QED) is 0.856. The number of amides is 1. The molecule has 0 radical (unpaired) electrons. The lowest BCUT2D eigenvalue weighted by atomic mass is 10.1. The Hall–Kier alpha value is -1.95. The van der Waals surface area contributed by atoms with Crippen molar-refractivity contribution < 1.29 is 19.0 Å². The first-order chi connectivity index (χ1) is 10.1. The summed E-state index contributed by atoms with van der Waals surface area (Å²) in [7, 11) is 4.54. The molecule has 1 amide bonds. The Bertz CT molecular complexity index is 519. The zero-order chi connectivity index (χ0) is 15.4. The zero-order valence-corrected chi connectivity index (χ0v) is 12.6. The van der Waals surface area contributed by atoms with Gasteiger partial charge in [0.2, 0.25) is 5.75 Å². The number of hydrogen-bond donors (Lipinski definition) is 2. The van der Waals surface area contributed by atoms with Gasteiger partial charge in [0.05, 0.1) is 26.9 Å². The molecule has 0 aliphatic heterocycles. The molecule has 6 heteroatoms. The van der Waals surface area contributed by atoms with Gasteiger partial charge in [0.25, 0.3) is 5.91 Å². The number of carbonyl (C=O) groups is 1. The predicted octanol–water partition coefficient (Wildman–Crippen LogP) is 1.32. The fourth-order valence-corrected chi connectivity index (χ4v) is 2.69. The number of hydrogen-bond acceptors (Lipinski definition) is 5. The van der Waals surface area contributed by atoms with Gasteiger partial charge >= 0.3 is 0 Å². The number of rotatable bonds is 5. The predicted molar refractivity (Wildman–Crippen MR) is 79.2 cm³/mol. The lowest BCUT2D eigenvalue weighted by Crippen LogP contribution is -2.44. The van der Waals surface area contributed by atoms with Gasteiger partial charge < -0.3 is 25.3 Å². The van der Waals surface area contributed by atoms with Crippen molar-refractivity contribution >= 4 is 5.91 Å². The highest BCUT2D eigenvalue weighted by atomic mass is 16.5. The Morgan fingerprint density at radius 1 is 1.14 bits per heavy atom. The first-order valence-corrected chi connectivity index (χ1v) is 6.97. The van der Waals surface area contributed by atoms with Crippen LogP contribution in [-0.2, 0) is 0 Å². The molecule has 6 nitrogen and oxygen atoms in total. The molecule has 2 rings (SSSR count). The Morgan fingerprint density at radius 3 is 2.38 bits per heavy atom. The molecule has 1 aromatic carbocycles. The van der Waals surface area contributed by atoms with Crippen LogP contribution in [-0.4, -0.2) is 39.3 Å². The number of benzene rings is 1. The molecule has 1 aliphatic rings. The number of methoxy groups -OCH3 is 3. The highest BCUT2D eigenvalue weighted by Gasteiger charge is 2.28. The molecule has 2 atom stereocenters. The molecule has 0 saturated heterocycles. The summed E-state index contributed by atoms with van der Waals surface area (Å²) in [4.78, 5) is 12.5. The van der Waals surface area contributed by atoms with E-state index in [1.807, 2.05) is 0 Å². The van der Waals surface area contributed by atoms with Crippen LogP contribution in [0.2, 0.25) is 0 Å². The maximum atomic E-state index is 12.5. The standard InChI is InChI=1S/C15H22N2O4/c1-19-12-8-7-9(13(20-2)14(12)21-3)15(18)17-11-6-4-5-10(11)16/h7-8,10-11H,4-6,16H2,1-3H3,(H,17,18). The maximum Gasteiger partial charge on any atom is 0.255 e. The molecule has 116 valence electrons. The Morgan fingerprint density at radius 2 is 1.86 bits per heavy atom. The Kier molecular flexibility index (Phi) is 4.90. The van der Waals surface area contributed by atoms with Gasteiger partial charge in [0.1, 0.15) is 0 Å². The summed E-state index contributed by atoms with van der Waals surface area (Å²) in [5, 5.41) is 2.97. The third kappa shape index (κ3) is 3.05. The summed E-state index contributed by atoms with van der Waals surface area (Å²) in [5.41, 5.74) is 6.40. The normalized spacial score (nSPS) is 21.0. The van der Waals surface area contributed by atoms with Gasteiger partial charge in [-0.3, -0.25) is 4.79 Å². The lowest BCUT2D eigenvalue weighted by Gasteiger charge is -2.19. The highest BCUT2D eigenvalue weighted by molar-refractivity contribution is 5.98. The lowest BCUT2D eigenvalue weighted by molar-refractivity contribution is 0.0930. The average Bonchev–Trinajstić information content (AvgIpc) is 2.90. The topological polar surface area (TPSA) is 82.8 Å². The van der Waals surface area contributed by atoms with Crippen LogP contribution in [0.4, 0.5) is 0 Å². The molecule has 1 aliphatic carbocycles. The van der Waals surface area contributed by atoms with Gasteiger partial charge in [-0.1, -0.05) is 0 Å². The Labute approximate surface area is 124 Å². The summed E-state index contributed by atoms with van der Waals surface area (Å²) in [6, 6.07) is 3.37. The van der Waals surface area contributed by atoms with Crippen molar-refractivity contribution in [3.63, 3.8) is 0 Å². The second-order valence-electron chi connectivity index (χ2n) is 5.06. The Balaban J connectivity index is 2.28. The van der Waals surface area contributed by atoms with Crippen LogP contribution in [0.3, 0.4) is 0 Å². The highest BCUT2D eigenvalue weighted by Crippen LogP contribution is 2.39. The first-order valence-electron chi connectivity index (χ1n) is 6.97. The van der Waals surface area contributed by atoms with E-state index in [9.17, 15) is 4.79 Å². The molecule has 1 aromatic rings. The van der Waals surface area contributed by atoms with Crippen molar-refractivity contribution in [1.82, 2.24) is 5.32 Å². The first kappa shape index (κ1) is 15.4. The number of carbonyl (C=O) groups excluding carboxylic acids is 1. The summed E-state index contributed by atoms with van der Waals surface area (Å²) in [5.74, 6) is 1.07. The summed E-state index contributed by atoms with van der Waals surface area (Å²) in [6.07, 6.45) is 2.88. The van der Waals surface area contributed by atoms with Crippen LogP contribution in [0.15, 0.2) is 12.1 Å². The molecule has 1 saturated carbocycles. The number of nitrogens with two attached hydrogens (primary N) is 1. The second kappa shape index (κ2) is 6.67. The van der Waals surface area contributed by atoms with E-state index >= 15 is 0 Å². The van der Waals surface area contributed by atoms with E-state index in [4.69, 9.17) is 19.9 Å². The van der Waals surface area contributed by atoms with Crippen LogP contribution < -0.4 is 25.3 Å². The molecule has 3 N–H and O–H groups in total. The molecule has 0 spiro atoms. The van der Waals surface area contributed by atoms with Crippen molar-refractivity contribution in [3.05, 3.63) is 17.7 Å². The van der Waals surface area contributed by atoms with E-state index in [2.05, 4.69) is 5.32 Å². The minimum Gasteiger partial charge on any atom is -0.493 e. The van der Waals surface area contributed by atoms with Gasteiger partial charge in [0.15, 0.2) is 11.5 Å². The molecule has 0 aromatic heterocycles. The zero-order valence-electron chi connectivity index (χ0n) is 12.6. The third-order valence-electron chi connectivity index (χ3n) is 3.83. The smallest absolute Gasteiger partial charge is 0.255 e. The fourth-order valence-electron chi connectivity index (χ4n) is 2.69. The van der Waals surface area contributed by atoms with Gasteiger partial charge in [-0.15, -0.1) is 0 Å². The van der Waals surface area contributed by atoms with E-state index in [1.165, 1.54) is 21.3 Å². The van der Waals surface area contributed by atoms with Crippen molar-refractivity contribution in [3.8, 4) is 17.2 Å². The minimum atomic E-state index is -0.213. The largest absolute Gasteiger partial charge is 0.493 e. The van der Waals surface area contributed by atoms with Gasteiger partial charge in [-0.05, 0) is 31.4 Å². The second-order valence-corrected chi connectivity index (χ2v) is 5.06. The molecule has 2 unspecified atom stereocenters. The minimum absolute atomic E-state index is 0.00954. The van der Waals surface area contributed by atoms with Crippen LogP contribution in [0.25, 0.3) is 0 Å². The van der Waals surface area contributed by atoms with Gasteiger partial charge in [0, 0.05) is 12.1 Å². The van der Waals surface area contributed by atoms with Crippen molar-refractivity contribution in [2.75, 3.05) is 21.3 Å². The van der Waals surface area contributed by atoms with E-state index < -0.39 is 0 Å². The van der Waals surface area contributed by atoms with Gasteiger partial charge in [-0.2, -0.15) is 0 Å². The van der Waals surface area contributed by atoms with Crippen LogP contribution in [0.1, 0.15) is 29.6 Å². The van der Waals surface area contributed by atoms with E-state index in [0.717, 1.165) is 19.3 Å². The monoisotopic (exact) mass is 294 g/mol. The average molecular weight is 294 g/mol. The molecule has 21 heavy (non-hydrogen) atoms. The van der Waals surface area contributed by atoms with E-state index in [1.54, 1.807) is 12.1 Å². The summed E-state index contributed by atoms with van der Waals surface area (Å²) < 4.78 is 15.8. The van der Waals surface area contributed by atoms with Crippen LogP contribution >= 0.6 is 0 Å². The maximum absolute atomic E-state index is 12.5. The van der Waals surface area contributed by atoms with Crippen LogP contribution in [0.5, 0.6) is 17.2 Å². The van der Waals surface area contributed by atoms with Gasteiger partial charge in [-0.25, -0.2) is 0 Å². The third-order valence-corrected chi connectivity index (χ3v) is 3.83. The molecular weight excluding hydrogens is 272 g/mol. The van der Waals surface area contributed by atoms with Crippen molar-refractivity contribution in [2.45, 2.75) is 31.3 Å². The number of ether oxygens (including phenoxy) is 3. The SMILES string of the molecule is COc1ccc(C(=O)NC2CCCC2N)c(OC)c1OC. The summed E-state index contributed by atoms with van der Waals surface area (Å²) >= 11 is 0. The number of nitrogens with one attached hydrogen (secondary N) is 1. The molecule has 0 heterocycles. The molecule has 0 bridgehead atoms. The molecule has 1 fully saturated rings. The van der Waals surface area contributed by atoms with E-state index in [0.29, 0.717) is 22.8 Å². The van der Waals surface area contributed by atoms with Crippen molar-refractivity contribution in [1.29, 1.82) is 0 Å². The van der Waals surface area contributed by atoms with Crippen LogP contribution in [0, 0.1) is 0 Å². The van der Waals surface area contributed by atoms with Crippen molar-refractivity contribution in [2.24, 2.45) is 5.73 Å². The van der Waals surface area contributed by atoms with E-state index in [-0.39, 0.29) is 18.0 Å². The fraction of sp³-hybridized carbons (Fsp3) is 0.533. The summed E-state index contributed by atoms with van der Waals surface area (Å²) in [6.45, 7) is 0.